The maximum Gasteiger partial charge on any atom is 0.191 e. The van der Waals surface area contributed by atoms with E-state index in [-0.39, 0.29) is 5.41 Å². The van der Waals surface area contributed by atoms with Gasteiger partial charge in [0.1, 0.15) is 5.75 Å². The Morgan fingerprint density at radius 3 is 2.52 bits per heavy atom. The zero-order valence-corrected chi connectivity index (χ0v) is 15.5. The van der Waals surface area contributed by atoms with Crippen molar-refractivity contribution in [1.29, 1.82) is 0 Å². The molecular weight excluding hydrogens is 314 g/mol. The minimum Gasteiger partial charge on any atom is -0.494 e. The van der Waals surface area contributed by atoms with Crippen LogP contribution in [0.3, 0.4) is 0 Å². The van der Waals surface area contributed by atoms with E-state index in [0.717, 1.165) is 56.8 Å². The second kappa shape index (κ2) is 8.56. The van der Waals surface area contributed by atoms with E-state index in [1.807, 2.05) is 14.0 Å². The fourth-order valence-corrected chi connectivity index (χ4v) is 3.44. The van der Waals surface area contributed by atoms with Crippen molar-refractivity contribution in [3.63, 3.8) is 0 Å². The summed E-state index contributed by atoms with van der Waals surface area (Å²) in [6.45, 7) is 6.22. The Morgan fingerprint density at radius 2 is 1.92 bits per heavy atom. The van der Waals surface area contributed by atoms with Crippen LogP contribution in [0.5, 0.6) is 5.75 Å². The van der Waals surface area contributed by atoms with Gasteiger partial charge in [0, 0.05) is 38.8 Å². The van der Waals surface area contributed by atoms with Crippen LogP contribution in [-0.4, -0.2) is 45.9 Å². The van der Waals surface area contributed by atoms with Crippen LogP contribution in [0.1, 0.15) is 38.2 Å². The summed E-state index contributed by atoms with van der Waals surface area (Å²) in [5.74, 6) is 2.67. The quantitative estimate of drug-likeness (QED) is 0.589. The lowest BCUT2D eigenvalue weighted by Gasteiger charge is -2.38. The average molecular weight is 345 g/mol. The van der Waals surface area contributed by atoms with Crippen molar-refractivity contribution in [3.8, 4) is 5.75 Å². The standard InChI is InChI=1S/C20H31N3O2/c1-3-25-18-8-6-17(7-9-18)20(10-12-24-13-11-20)15-23-19(21-2)22-14-16-4-5-16/h6-9,16H,3-5,10-15H2,1-2H3,(H2,21,22,23). The Bertz CT molecular complexity index is 561. The molecule has 3 rings (SSSR count). The Kier molecular flexibility index (Phi) is 6.19. The van der Waals surface area contributed by atoms with Crippen molar-refractivity contribution in [2.45, 2.75) is 38.0 Å². The maximum absolute atomic E-state index is 5.63. The Morgan fingerprint density at radius 1 is 1.20 bits per heavy atom. The first kappa shape index (κ1) is 18.1. The summed E-state index contributed by atoms with van der Waals surface area (Å²) < 4.78 is 11.2. The molecule has 2 fully saturated rings. The molecule has 1 saturated heterocycles. The molecular formula is C20H31N3O2. The first-order valence-electron chi connectivity index (χ1n) is 9.51. The molecule has 25 heavy (non-hydrogen) atoms. The molecule has 0 spiro atoms. The van der Waals surface area contributed by atoms with Crippen molar-refractivity contribution in [3.05, 3.63) is 29.8 Å². The van der Waals surface area contributed by atoms with Crippen molar-refractivity contribution in [2.24, 2.45) is 10.9 Å². The smallest absolute Gasteiger partial charge is 0.191 e. The molecule has 0 bridgehead atoms. The number of nitrogens with zero attached hydrogens (tertiary/aromatic N) is 1. The fourth-order valence-electron chi connectivity index (χ4n) is 3.44. The van der Waals surface area contributed by atoms with Gasteiger partial charge < -0.3 is 20.1 Å². The minimum atomic E-state index is 0.0835. The number of aliphatic imine (C=N–C) groups is 1. The zero-order valence-electron chi connectivity index (χ0n) is 15.5. The van der Waals surface area contributed by atoms with E-state index in [1.165, 1.54) is 18.4 Å². The summed E-state index contributed by atoms with van der Waals surface area (Å²) in [5.41, 5.74) is 1.43. The number of rotatable bonds is 7. The van der Waals surface area contributed by atoms with E-state index in [9.17, 15) is 0 Å². The van der Waals surface area contributed by atoms with E-state index in [4.69, 9.17) is 9.47 Å². The van der Waals surface area contributed by atoms with Gasteiger partial charge in [-0.15, -0.1) is 0 Å². The Hall–Kier alpha value is -1.75. The number of hydrogen-bond donors (Lipinski definition) is 2. The van der Waals surface area contributed by atoms with Gasteiger partial charge in [0.05, 0.1) is 6.61 Å². The second-order valence-corrected chi connectivity index (χ2v) is 7.10. The van der Waals surface area contributed by atoms with Crippen LogP contribution in [0, 0.1) is 5.92 Å². The predicted molar refractivity (Wildman–Crippen MR) is 101 cm³/mol. The minimum absolute atomic E-state index is 0.0835. The van der Waals surface area contributed by atoms with Crippen molar-refractivity contribution < 1.29 is 9.47 Å². The van der Waals surface area contributed by atoms with Crippen molar-refractivity contribution in [1.82, 2.24) is 10.6 Å². The van der Waals surface area contributed by atoms with E-state index in [1.54, 1.807) is 0 Å². The van der Waals surface area contributed by atoms with E-state index >= 15 is 0 Å². The summed E-state index contributed by atoms with van der Waals surface area (Å²) in [7, 11) is 1.84. The van der Waals surface area contributed by atoms with Crippen LogP contribution in [0.15, 0.2) is 29.3 Å². The second-order valence-electron chi connectivity index (χ2n) is 7.10. The third-order valence-corrected chi connectivity index (χ3v) is 5.30. The number of ether oxygens (including phenoxy) is 2. The highest BCUT2D eigenvalue weighted by molar-refractivity contribution is 5.79. The van der Waals surface area contributed by atoms with Gasteiger partial charge in [0.25, 0.3) is 0 Å². The molecule has 1 aliphatic carbocycles. The molecule has 1 aliphatic heterocycles. The van der Waals surface area contributed by atoms with Gasteiger partial charge in [-0.1, -0.05) is 12.1 Å². The molecule has 1 aromatic rings. The van der Waals surface area contributed by atoms with Crippen molar-refractivity contribution >= 4 is 5.96 Å². The van der Waals surface area contributed by atoms with Gasteiger partial charge in [-0.05, 0) is 56.2 Å². The molecule has 2 aliphatic rings. The predicted octanol–water partition coefficient (Wildman–Crippen LogP) is 2.71. The molecule has 138 valence electrons. The van der Waals surface area contributed by atoms with Gasteiger partial charge >= 0.3 is 0 Å². The molecule has 0 amide bonds. The third kappa shape index (κ3) is 4.88. The SMILES string of the molecule is CCOc1ccc(C2(CNC(=NC)NCC3CC3)CCOCC2)cc1. The van der Waals surface area contributed by atoms with Crippen LogP contribution in [-0.2, 0) is 10.2 Å². The van der Waals surface area contributed by atoms with Gasteiger partial charge in [-0.25, -0.2) is 0 Å². The first-order chi connectivity index (χ1) is 12.3. The van der Waals surface area contributed by atoms with Gasteiger partial charge in [-0.3, -0.25) is 4.99 Å². The van der Waals surface area contributed by atoms with E-state index < -0.39 is 0 Å². The summed E-state index contributed by atoms with van der Waals surface area (Å²) >= 11 is 0. The third-order valence-electron chi connectivity index (χ3n) is 5.30. The molecule has 2 N–H and O–H groups in total. The van der Waals surface area contributed by atoms with Crippen LogP contribution in [0.25, 0.3) is 0 Å². The number of guanidine groups is 1. The number of hydrogen-bond acceptors (Lipinski definition) is 3. The fraction of sp³-hybridized carbons (Fsp3) is 0.650. The molecule has 0 atom stereocenters. The lowest BCUT2D eigenvalue weighted by atomic mass is 9.74. The number of nitrogens with one attached hydrogen (secondary N) is 2. The monoisotopic (exact) mass is 345 g/mol. The van der Waals surface area contributed by atoms with E-state index in [0.29, 0.717) is 6.61 Å². The van der Waals surface area contributed by atoms with Crippen molar-refractivity contribution in [2.75, 3.05) is 40.0 Å². The highest BCUT2D eigenvalue weighted by Gasteiger charge is 2.34. The molecule has 1 heterocycles. The lowest BCUT2D eigenvalue weighted by Crippen LogP contribution is -2.48. The molecule has 1 aromatic carbocycles. The maximum atomic E-state index is 5.63. The normalized spacial score (nSPS) is 20.2. The molecule has 0 unspecified atom stereocenters. The summed E-state index contributed by atoms with van der Waals surface area (Å²) in [6, 6.07) is 8.57. The molecule has 5 heteroatoms. The van der Waals surface area contributed by atoms with Crippen LogP contribution in [0.4, 0.5) is 0 Å². The van der Waals surface area contributed by atoms with Gasteiger partial charge in [0.15, 0.2) is 5.96 Å². The summed E-state index contributed by atoms with van der Waals surface area (Å²) in [4.78, 5) is 4.38. The molecule has 5 nitrogen and oxygen atoms in total. The molecule has 0 aromatic heterocycles. The first-order valence-corrected chi connectivity index (χ1v) is 9.51. The number of benzene rings is 1. The molecule has 1 saturated carbocycles. The van der Waals surface area contributed by atoms with Crippen LogP contribution < -0.4 is 15.4 Å². The van der Waals surface area contributed by atoms with Crippen LogP contribution in [0.2, 0.25) is 0 Å². The Balaban J connectivity index is 1.66. The summed E-state index contributed by atoms with van der Waals surface area (Å²) in [6.07, 6.45) is 4.73. The largest absolute Gasteiger partial charge is 0.494 e. The topological polar surface area (TPSA) is 54.9 Å². The van der Waals surface area contributed by atoms with E-state index in [2.05, 4.69) is 39.9 Å². The Labute approximate surface area is 151 Å². The zero-order chi connectivity index (χ0) is 17.5. The lowest BCUT2D eigenvalue weighted by molar-refractivity contribution is 0.0513. The van der Waals surface area contributed by atoms with Crippen LogP contribution >= 0.6 is 0 Å². The summed E-state index contributed by atoms with van der Waals surface area (Å²) in [5, 5.41) is 7.01. The highest BCUT2D eigenvalue weighted by Crippen LogP contribution is 2.35. The molecule has 0 radical (unpaired) electrons. The van der Waals surface area contributed by atoms with Gasteiger partial charge in [0.2, 0.25) is 0 Å². The van der Waals surface area contributed by atoms with Gasteiger partial charge in [-0.2, -0.15) is 0 Å². The highest BCUT2D eigenvalue weighted by atomic mass is 16.5. The average Bonchev–Trinajstić information content (AvgIpc) is 3.48.